The Morgan fingerprint density at radius 1 is 1.38 bits per heavy atom. The van der Waals surface area contributed by atoms with Crippen molar-refractivity contribution in [1.82, 2.24) is 10.2 Å². The molecule has 1 rings (SSSR count). The normalized spacial score (nSPS) is 27.2. The lowest BCUT2D eigenvalue weighted by molar-refractivity contribution is 0.133. The molecule has 3 heteroatoms. The quantitative estimate of drug-likeness (QED) is 0.672. The molecule has 2 unspecified atom stereocenters. The largest absolute Gasteiger partial charge is 0.382 e. The maximum atomic E-state index is 5.34. The molecule has 1 aliphatic heterocycles. The van der Waals surface area contributed by atoms with Gasteiger partial charge in [-0.2, -0.15) is 0 Å². The highest BCUT2D eigenvalue weighted by molar-refractivity contribution is 4.82. The van der Waals surface area contributed by atoms with Crippen LogP contribution in [0, 0.1) is 5.92 Å². The van der Waals surface area contributed by atoms with Gasteiger partial charge in [0, 0.05) is 25.8 Å². The van der Waals surface area contributed by atoms with E-state index in [1.807, 2.05) is 0 Å². The van der Waals surface area contributed by atoms with Crippen LogP contribution in [0.25, 0.3) is 0 Å². The van der Waals surface area contributed by atoms with Crippen molar-refractivity contribution < 1.29 is 4.74 Å². The predicted octanol–water partition coefficient (Wildman–Crippen LogP) is 1.73. The Labute approximate surface area is 101 Å². The second-order valence-electron chi connectivity index (χ2n) is 4.77. The standard InChI is InChI=1S/C13H28N2O/c1-4-15-9-7-13(12(3)11-15)14-8-6-10-16-5-2/h12-14H,4-11H2,1-3H3. The molecule has 0 saturated carbocycles. The highest BCUT2D eigenvalue weighted by atomic mass is 16.5. The van der Waals surface area contributed by atoms with Crippen LogP contribution in [0.2, 0.25) is 0 Å². The number of ether oxygens (including phenoxy) is 1. The molecule has 3 nitrogen and oxygen atoms in total. The zero-order valence-electron chi connectivity index (χ0n) is 11.2. The first-order valence-corrected chi connectivity index (χ1v) is 6.81. The number of piperidine rings is 1. The summed E-state index contributed by atoms with van der Waals surface area (Å²) >= 11 is 0. The molecule has 1 N–H and O–H groups in total. The van der Waals surface area contributed by atoms with Gasteiger partial charge in [-0.25, -0.2) is 0 Å². The van der Waals surface area contributed by atoms with E-state index in [1.165, 1.54) is 26.1 Å². The van der Waals surface area contributed by atoms with Gasteiger partial charge in [-0.1, -0.05) is 13.8 Å². The molecule has 0 aliphatic carbocycles. The summed E-state index contributed by atoms with van der Waals surface area (Å²) in [7, 11) is 0. The van der Waals surface area contributed by atoms with E-state index in [0.29, 0.717) is 6.04 Å². The number of likely N-dealkylation sites (tertiary alicyclic amines) is 1. The second-order valence-corrected chi connectivity index (χ2v) is 4.77. The van der Waals surface area contributed by atoms with Crippen LogP contribution < -0.4 is 5.32 Å². The predicted molar refractivity (Wildman–Crippen MR) is 68.8 cm³/mol. The van der Waals surface area contributed by atoms with E-state index < -0.39 is 0 Å². The number of rotatable bonds is 7. The van der Waals surface area contributed by atoms with Crippen molar-refractivity contribution in [3.8, 4) is 0 Å². The van der Waals surface area contributed by atoms with E-state index in [2.05, 4.69) is 31.0 Å². The first kappa shape index (κ1) is 13.9. The molecule has 0 aromatic rings. The van der Waals surface area contributed by atoms with Crippen molar-refractivity contribution in [3.05, 3.63) is 0 Å². The van der Waals surface area contributed by atoms with E-state index in [0.717, 1.165) is 32.1 Å². The Balaban J connectivity index is 2.08. The molecule has 96 valence electrons. The third-order valence-electron chi connectivity index (χ3n) is 3.51. The Morgan fingerprint density at radius 2 is 2.19 bits per heavy atom. The minimum absolute atomic E-state index is 0.712. The lowest BCUT2D eigenvalue weighted by Gasteiger charge is -2.36. The highest BCUT2D eigenvalue weighted by Gasteiger charge is 2.24. The molecule has 0 amide bonds. The third-order valence-corrected chi connectivity index (χ3v) is 3.51. The maximum absolute atomic E-state index is 5.34. The summed E-state index contributed by atoms with van der Waals surface area (Å²) in [6, 6.07) is 0.712. The van der Waals surface area contributed by atoms with Crippen LogP contribution in [0.3, 0.4) is 0 Å². The van der Waals surface area contributed by atoms with Gasteiger partial charge in [-0.3, -0.25) is 0 Å². The summed E-state index contributed by atoms with van der Waals surface area (Å²) in [6.45, 7) is 13.2. The van der Waals surface area contributed by atoms with Crippen LogP contribution >= 0.6 is 0 Å². The molecule has 16 heavy (non-hydrogen) atoms. The summed E-state index contributed by atoms with van der Waals surface area (Å²) in [5, 5.41) is 3.67. The van der Waals surface area contributed by atoms with Gasteiger partial charge >= 0.3 is 0 Å². The first-order valence-electron chi connectivity index (χ1n) is 6.81. The zero-order chi connectivity index (χ0) is 11.8. The van der Waals surface area contributed by atoms with Crippen molar-refractivity contribution in [3.63, 3.8) is 0 Å². The van der Waals surface area contributed by atoms with Gasteiger partial charge in [0.05, 0.1) is 0 Å². The van der Waals surface area contributed by atoms with Crippen molar-refractivity contribution in [2.75, 3.05) is 39.4 Å². The van der Waals surface area contributed by atoms with Crippen LogP contribution in [0.1, 0.15) is 33.6 Å². The van der Waals surface area contributed by atoms with Gasteiger partial charge in [0.25, 0.3) is 0 Å². The molecule has 1 saturated heterocycles. The smallest absolute Gasteiger partial charge is 0.0477 e. The lowest BCUT2D eigenvalue weighted by Crippen LogP contribution is -2.48. The van der Waals surface area contributed by atoms with E-state index in [9.17, 15) is 0 Å². The van der Waals surface area contributed by atoms with E-state index in [1.54, 1.807) is 0 Å². The first-order chi connectivity index (χ1) is 7.77. The van der Waals surface area contributed by atoms with Gasteiger partial charge in [-0.05, 0) is 45.3 Å². The summed E-state index contributed by atoms with van der Waals surface area (Å²) in [5.74, 6) is 0.779. The Bertz CT molecular complexity index is 175. The van der Waals surface area contributed by atoms with Crippen LogP contribution in [0.15, 0.2) is 0 Å². The van der Waals surface area contributed by atoms with Gasteiger partial charge in [0.1, 0.15) is 0 Å². The molecule has 1 heterocycles. The fraction of sp³-hybridized carbons (Fsp3) is 1.00. The van der Waals surface area contributed by atoms with Crippen LogP contribution in [0.5, 0.6) is 0 Å². The minimum Gasteiger partial charge on any atom is -0.382 e. The second kappa shape index (κ2) is 8.04. The minimum atomic E-state index is 0.712. The Kier molecular flexibility index (Phi) is 7.01. The molecule has 0 radical (unpaired) electrons. The zero-order valence-corrected chi connectivity index (χ0v) is 11.2. The molecule has 2 atom stereocenters. The number of hydrogen-bond acceptors (Lipinski definition) is 3. The highest BCUT2D eigenvalue weighted by Crippen LogP contribution is 2.16. The average molecular weight is 228 g/mol. The van der Waals surface area contributed by atoms with Crippen LogP contribution in [-0.4, -0.2) is 50.3 Å². The monoisotopic (exact) mass is 228 g/mol. The van der Waals surface area contributed by atoms with E-state index in [-0.39, 0.29) is 0 Å². The molecular weight excluding hydrogens is 200 g/mol. The van der Waals surface area contributed by atoms with Crippen molar-refractivity contribution >= 4 is 0 Å². The summed E-state index contributed by atoms with van der Waals surface area (Å²) in [6.07, 6.45) is 2.43. The fourth-order valence-electron chi connectivity index (χ4n) is 2.43. The topological polar surface area (TPSA) is 24.5 Å². The Morgan fingerprint density at radius 3 is 2.81 bits per heavy atom. The third kappa shape index (κ3) is 4.81. The number of nitrogens with one attached hydrogen (secondary N) is 1. The van der Waals surface area contributed by atoms with Crippen LogP contribution in [0.4, 0.5) is 0 Å². The average Bonchev–Trinajstić information content (AvgIpc) is 2.30. The number of nitrogens with zero attached hydrogens (tertiary/aromatic N) is 1. The van der Waals surface area contributed by atoms with E-state index in [4.69, 9.17) is 4.74 Å². The summed E-state index contributed by atoms with van der Waals surface area (Å²) < 4.78 is 5.34. The molecule has 0 aromatic carbocycles. The van der Waals surface area contributed by atoms with Crippen molar-refractivity contribution in [2.45, 2.75) is 39.7 Å². The molecule has 1 fully saturated rings. The molecule has 1 aliphatic rings. The summed E-state index contributed by atoms with van der Waals surface area (Å²) in [5.41, 5.74) is 0. The number of hydrogen-bond donors (Lipinski definition) is 1. The molecular formula is C13H28N2O. The van der Waals surface area contributed by atoms with Crippen molar-refractivity contribution in [1.29, 1.82) is 0 Å². The maximum Gasteiger partial charge on any atom is 0.0477 e. The molecule has 0 bridgehead atoms. The fourth-order valence-corrected chi connectivity index (χ4v) is 2.43. The molecule has 0 spiro atoms. The summed E-state index contributed by atoms with van der Waals surface area (Å²) in [4.78, 5) is 2.54. The van der Waals surface area contributed by atoms with E-state index >= 15 is 0 Å². The Hall–Kier alpha value is -0.120. The van der Waals surface area contributed by atoms with Gasteiger partial charge in [0.2, 0.25) is 0 Å². The van der Waals surface area contributed by atoms with Crippen LogP contribution in [-0.2, 0) is 4.74 Å². The SMILES string of the molecule is CCOCCCNC1CCN(CC)CC1C. The van der Waals surface area contributed by atoms with Gasteiger partial charge < -0.3 is 15.0 Å². The molecule has 0 aromatic heterocycles. The van der Waals surface area contributed by atoms with Crippen molar-refractivity contribution in [2.24, 2.45) is 5.92 Å². The van der Waals surface area contributed by atoms with Gasteiger partial charge in [-0.15, -0.1) is 0 Å². The lowest BCUT2D eigenvalue weighted by atomic mass is 9.94. The van der Waals surface area contributed by atoms with Gasteiger partial charge in [0.15, 0.2) is 0 Å².